The molecule has 2 rings (SSSR count). The van der Waals surface area contributed by atoms with Gasteiger partial charge in [0.05, 0.1) is 5.01 Å². The second-order valence-corrected chi connectivity index (χ2v) is 4.31. The lowest BCUT2D eigenvalue weighted by molar-refractivity contribution is 0.971. The predicted octanol–water partition coefficient (Wildman–Crippen LogP) is 1.48. The molecule has 0 aliphatic carbocycles. The first-order valence-electron chi connectivity index (χ1n) is 4.97. The summed E-state index contributed by atoms with van der Waals surface area (Å²) in [4.78, 5) is 12.4. The normalized spacial score (nSPS) is 10.3. The van der Waals surface area contributed by atoms with Gasteiger partial charge in [-0.2, -0.15) is 0 Å². The summed E-state index contributed by atoms with van der Waals surface area (Å²) in [5.74, 6) is 1.93. The molecule has 0 aromatic carbocycles. The Morgan fingerprint density at radius 3 is 3.00 bits per heavy atom. The number of aryl methyl sites for hydroxylation is 1. The Balaban J connectivity index is 1.89. The Morgan fingerprint density at radius 1 is 1.44 bits per heavy atom. The molecule has 16 heavy (non-hydrogen) atoms. The molecule has 6 heteroatoms. The quantitative estimate of drug-likeness (QED) is 0.839. The molecule has 5 nitrogen and oxygen atoms in total. The maximum absolute atomic E-state index is 5.62. The van der Waals surface area contributed by atoms with E-state index in [1.807, 2.05) is 18.5 Å². The first-order chi connectivity index (χ1) is 7.74. The Kier molecular flexibility index (Phi) is 3.31. The van der Waals surface area contributed by atoms with E-state index in [-0.39, 0.29) is 0 Å². The molecule has 0 saturated carbocycles. The van der Waals surface area contributed by atoms with Crippen LogP contribution in [0.3, 0.4) is 0 Å². The third-order valence-electron chi connectivity index (χ3n) is 1.99. The molecular formula is C10H13N5S. The van der Waals surface area contributed by atoms with Gasteiger partial charge < -0.3 is 11.1 Å². The van der Waals surface area contributed by atoms with E-state index in [0.717, 1.165) is 23.8 Å². The molecule has 0 amide bonds. The average Bonchev–Trinajstić information content (AvgIpc) is 2.69. The highest BCUT2D eigenvalue weighted by Gasteiger charge is 1.99. The summed E-state index contributed by atoms with van der Waals surface area (Å²) in [5.41, 5.74) is 5.62. The number of hydrogen-bond acceptors (Lipinski definition) is 6. The number of hydrogen-bond donors (Lipinski definition) is 2. The second kappa shape index (κ2) is 4.89. The van der Waals surface area contributed by atoms with Crippen molar-refractivity contribution in [1.29, 1.82) is 0 Å². The SMILES string of the molecule is Cc1nc(N)cc(NCCc2nccs2)n1. The maximum Gasteiger partial charge on any atom is 0.131 e. The minimum Gasteiger partial charge on any atom is -0.384 e. The Hall–Kier alpha value is -1.69. The van der Waals surface area contributed by atoms with Crippen LogP contribution in [0.5, 0.6) is 0 Å². The lowest BCUT2D eigenvalue weighted by Crippen LogP contribution is -2.08. The number of nitrogens with one attached hydrogen (secondary N) is 1. The number of nitrogens with two attached hydrogens (primary N) is 1. The molecule has 0 atom stereocenters. The summed E-state index contributed by atoms with van der Waals surface area (Å²) in [6.07, 6.45) is 2.70. The van der Waals surface area contributed by atoms with Crippen molar-refractivity contribution in [1.82, 2.24) is 15.0 Å². The van der Waals surface area contributed by atoms with Crippen molar-refractivity contribution >= 4 is 23.0 Å². The van der Waals surface area contributed by atoms with E-state index >= 15 is 0 Å². The van der Waals surface area contributed by atoms with Crippen LogP contribution in [-0.2, 0) is 6.42 Å². The van der Waals surface area contributed by atoms with Crippen molar-refractivity contribution in [2.45, 2.75) is 13.3 Å². The minimum atomic E-state index is 0.490. The van der Waals surface area contributed by atoms with E-state index in [4.69, 9.17) is 5.73 Å². The molecule has 0 fully saturated rings. The van der Waals surface area contributed by atoms with Crippen LogP contribution in [0.4, 0.5) is 11.6 Å². The van der Waals surface area contributed by atoms with Gasteiger partial charge in [0.15, 0.2) is 0 Å². The van der Waals surface area contributed by atoms with Crippen LogP contribution in [0.25, 0.3) is 0 Å². The molecule has 3 N–H and O–H groups in total. The molecule has 2 aromatic heterocycles. The summed E-state index contributed by atoms with van der Waals surface area (Å²) in [6.45, 7) is 2.62. The lowest BCUT2D eigenvalue weighted by Gasteiger charge is -2.05. The van der Waals surface area contributed by atoms with E-state index < -0.39 is 0 Å². The zero-order valence-corrected chi connectivity index (χ0v) is 9.79. The van der Waals surface area contributed by atoms with Gasteiger partial charge in [0.25, 0.3) is 0 Å². The summed E-state index contributed by atoms with van der Waals surface area (Å²) in [6, 6.07) is 1.73. The first kappa shape index (κ1) is 10.8. The van der Waals surface area contributed by atoms with Gasteiger partial charge in [0.1, 0.15) is 17.5 Å². The van der Waals surface area contributed by atoms with E-state index in [0.29, 0.717) is 11.6 Å². The van der Waals surface area contributed by atoms with Gasteiger partial charge in [-0.3, -0.25) is 0 Å². The standard InChI is InChI=1S/C10H13N5S/c1-7-14-8(11)6-9(15-7)12-3-2-10-13-4-5-16-10/h4-6H,2-3H2,1H3,(H3,11,12,14,15). The van der Waals surface area contributed by atoms with Crippen LogP contribution < -0.4 is 11.1 Å². The average molecular weight is 235 g/mol. The highest BCUT2D eigenvalue weighted by Crippen LogP contribution is 2.09. The molecule has 0 saturated heterocycles. The molecular weight excluding hydrogens is 222 g/mol. The molecule has 0 bridgehead atoms. The minimum absolute atomic E-state index is 0.490. The van der Waals surface area contributed by atoms with E-state index in [2.05, 4.69) is 20.3 Å². The van der Waals surface area contributed by atoms with Crippen LogP contribution in [-0.4, -0.2) is 21.5 Å². The Bertz CT molecular complexity index is 434. The number of nitrogen functional groups attached to an aromatic ring is 1. The maximum atomic E-state index is 5.62. The fraction of sp³-hybridized carbons (Fsp3) is 0.300. The fourth-order valence-electron chi connectivity index (χ4n) is 1.36. The van der Waals surface area contributed by atoms with Crippen molar-refractivity contribution in [3.63, 3.8) is 0 Å². The highest BCUT2D eigenvalue weighted by atomic mass is 32.1. The van der Waals surface area contributed by atoms with Crippen LogP contribution in [0.15, 0.2) is 17.6 Å². The van der Waals surface area contributed by atoms with Gasteiger partial charge in [0.2, 0.25) is 0 Å². The van der Waals surface area contributed by atoms with E-state index in [9.17, 15) is 0 Å². The fourth-order valence-corrected chi connectivity index (χ4v) is 1.98. The third kappa shape index (κ3) is 2.90. The van der Waals surface area contributed by atoms with E-state index in [1.165, 1.54) is 0 Å². The Morgan fingerprint density at radius 2 is 2.31 bits per heavy atom. The van der Waals surface area contributed by atoms with Crippen molar-refractivity contribution in [3.8, 4) is 0 Å². The van der Waals surface area contributed by atoms with Gasteiger partial charge in [0, 0.05) is 30.6 Å². The number of nitrogens with zero attached hydrogens (tertiary/aromatic N) is 3. The zero-order valence-electron chi connectivity index (χ0n) is 8.97. The van der Waals surface area contributed by atoms with Gasteiger partial charge in [-0.05, 0) is 6.92 Å². The smallest absolute Gasteiger partial charge is 0.131 e. The zero-order chi connectivity index (χ0) is 11.4. The number of rotatable bonds is 4. The molecule has 0 aliphatic heterocycles. The highest BCUT2D eigenvalue weighted by molar-refractivity contribution is 7.09. The van der Waals surface area contributed by atoms with Crippen molar-refractivity contribution in [2.75, 3.05) is 17.6 Å². The van der Waals surface area contributed by atoms with Crippen LogP contribution in [0.1, 0.15) is 10.8 Å². The monoisotopic (exact) mass is 235 g/mol. The first-order valence-corrected chi connectivity index (χ1v) is 5.85. The van der Waals surface area contributed by atoms with Gasteiger partial charge >= 0.3 is 0 Å². The summed E-state index contributed by atoms with van der Waals surface area (Å²) in [7, 11) is 0. The van der Waals surface area contributed by atoms with E-state index in [1.54, 1.807) is 17.4 Å². The molecule has 0 aliphatic rings. The van der Waals surface area contributed by atoms with Crippen molar-refractivity contribution in [3.05, 3.63) is 28.5 Å². The molecule has 2 heterocycles. The topological polar surface area (TPSA) is 76.7 Å². The molecule has 0 spiro atoms. The summed E-state index contributed by atoms with van der Waals surface area (Å²) < 4.78 is 0. The summed E-state index contributed by atoms with van der Waals surface area (Å²) in [5, 5.41) is 6.29. The molecule has 84 valence electrons. The van der Waals surface area contributed by atoms with Crippen LogP contribution in [0.2, 0.25) is 0 Å². The second-order valence-electron chi connectivity index (χ2n) is 3.33. The van der Waals surface area contributed by atoms with Crippen molar-refractivity contribution < 1.29 is 0 Å². The molecule has 0 unspecified atom stereocenters. The largest absolute Gasteiger partial charge is 0.384 e. The number of thiazole rings is 1. The number of aromatic nitrogens is 3. The van der Waals surface area contributed by atoms with Crippen LogP contribution >= 0.6 is 11.3 Å². The van der Waals surface area contributed by atoms with Gasteiger partial charge in [-0.25, -0.2) is 15.0 Å². The summed E-state index contributed by atoms with van der Waals surface area (Å²) >= 11 is 1.66. The predicted molar refractivity (Wildman–Crippen MR) is 65.5 cm³/mol. The van der Waals surface area contributed by atoms with Gasteiger partial charge in [-0.15, -0.1) is 11.3 Å². The number of anilines is 2. The molecule has 2 aromatic rings. The van der Waals surface area contributed by atoms with Crippen molar-refractivity contribution in [2.24, 2.45) is 0 Å². The lowest BCUT2D eigenvalue weighted by atomic mass is 10.4. The van der Waals surface area contributed by atoms with Gasteiger partial charge in [-0.1, -0.05) is 0 Å². The third-order valence-corrected chi connectivity index (χ3v) is 2.83. The Labute approximate surface area is 97.8 Å². The van der Waals surface area contributed by atoms with Crippen LogP contribution in [0, 0.1) is 6.92 Å². The molecule has 0 radical (unpaired) electrons.